The molecule has 2 N–H and O–H groups in total. The van der Waals surface area contributed by atoms with E-state index in [9.17, 15) is 0 Å². The van der Waals surface area contributed by atoms with Crippen molar-refractivity contribution in [3.8, 4) is 0 Å². The van der Waals surface area contributed by atoms with Crippen molar-refractivity contribution in [2.75, 3.05) is 5.73 Å². The maximum absolute atomic E-state index is 5.63. The molecule has 11 heavy (non-hydrogen) atoms. The lowest BCUT2D eigenvalue weighted by Crippen LogP contribution is -2.00. The van der Waals surface area contributed by atoms with Crippen molar-refractivity contribution in [1.29, 1.82) is 0 Å². The summed E-state index contributed by atoms with van der Waals surface area (Å²) in [5, 5.41) is 0. The molecule has 0 aliphatic carbocycles. The molecule has 0 saturated carbocycles. The molecule has 4 heteroatoms. The van der Waals surface area contributed by atoms with Gasteiger partial charge in [0, 0.05) is 5.56 Å². The maximum atomic E-state index is 5.63. The van der Waals surface area contributed by atoms with Crippen molar-refractivity contribution in [1.82, 2.24) is 9.97 Å². The Hall–Kier alpha value is -1.16. The molecule has 1 aromatic heterocycles. The Morgan fingerprint density at radius 2 is 2.45 bits per heavy atom. The highest BCUT2D eigenvalue weighted by atomic mass is 16.5. The van der Waals surface area contributed by atoms with Gasteiger partial charge in [0.15, 0.2) is 0 Å². The van der Waals surface area contributed by atoms with Crippen molar-refractivity contribution < 1.29 is 4.74 Å². The normalized spacial score (nSPS) is 21.7. The predicted molar refractivity (Wildman–Crippen MR) is 39.6 cm³/mol. The third-order valence-electron chi connectivity index (χ3n) is 1.87. The summed E-state index contributed by atoms with van der Waals surface area (Å²) in [4.78, 5) is 7.94. The Labute approximate surface area is 64.4 Å². The highest BCUT2D eigenvalue weighted by Gasteiger charge is 2.23. The van der Waals surface area contributed by atoms with Crippen molar-refractivity contribution in [3.63, 3.8) is 0 Å². The van der Waals surface area contributed by atoms with Gasteiger partial charge < -0.3 is 10.5 Å². The Kier molecular flexibility index (Phi) is 1.29. The average Bonchev–Trinajstić information content (AvgIpc) is 2.34. The molecule has 0 saturated heterocycles. The first-order valence-corrected chi connectivity index (χ1v) is 3.50. The molecule has 2 rings (SSSR count). The van der Waals surface area contributed by atoms with E-state index in [-0.39, 0.29) is 6.10 Å². The van der Waals surface area contributed by atoms with Gasteiger partial charge in [0.1, 0.15) is 12.1 Å². The summed E-state index contributed by atoms with van der Waals surface area (Å²) in [6.07, 6.45) is 1.52. The summed E-state index contributed by atoms with van der Waals surface area (Å²) < 4.78 is 5.32. The number of anilines is 1. The minimum Gasteiger partial charge on any atom is -0.383 e. The van der Waals surface area contributed by atoms with Crippen LogP contribution in [-0.4, -0.2) is 9.97 Å². The van der Waals surface area contributed by atoms with Crippen LogP contribution in [0.4, 0.5) is 5.82 Å². The van der Waals surface area contributed by atoms with Crippen molar-refractivity contribution >= 4 is 5.82 Å². The number of ether oxygens (including phenoxy) is 1. The maximum Gasteiger partial charge on any atom is 0.132 e. The van der Waals surface area contributed by atoms with Crippen LogP contribution < -0.4 is 5.73 Å². The Morgan fingerprint density at radius 1 is 1.64 bits per heavy atom. The number of aromatic nitrogens is 2. The average molecular weight is 151 g/mol. The fourth-order valence-electron chi connectivity index (χ4n) is 1.29. The standard InChI is InChI=1S/C7H9N3O/c1-4-6-5(2-11-4)9-3-10-7(6)8/h3-4H,2H2,1H3,(H2,8,9,10)/t4-/m1/s1. The van der Waals surface area contributed by atoms with Crippen molar-refractivity contribution in [3.05, 3.63) is 17.6 Å². The molecule has 4 nitrogen and oxygen atoms in total. The second-order valence-corrected chi connectivity index (χ2v) is 2.57. The van der Waals surface area contributed by atoms with Crippen molar-refractivity contribution in [2.45, 2.75) is 19.6 Å². The highest BCUT2D eigenvalue weighted by Crippen LogP contribution is 2.31. The van der Waals surface area contributed by atoms with E-state index in [1.165, 1.54) is 6.33 Å². The van der Waals surface area contributed by atoms with Gasteiger partial charge in [-0.05, 0) is 6.92 Å². The first-order valence-electron chi connectivity index (χ1n) is 3.50. The lowest BCUT2D eigenvalue weighted by atomic mass is 10.1. The minimum atomic E-state index is 0.0474. The van der Waals surface area contributed by atoms with Gasteiger partial charge in [-0.2, -0.15) is 0 Å². The van der Waals surface area contributed by atoms with E-state index in [0.29, 0.717) is 12.4 Å². The number of hydrogen-bond donors (Lipinski definition) is 1. The largest absolute Gasteiger partial charge is 0.383 e. The third-order valence-corrected chi connectivity index (χ3v) is 1.87. The van der Waals surface area contributed by atoms with Gasteiger partial charge >= 0.3 is 0 Å². The summed E-state index contributed by atoms with van der Waals surface area (Å²) >= 11 is 0. The van der Waals surface area contributed by atoms with Gasteiger partial charge in [-0.3, -0.25) is 0 Å². The van der Waals surface area contributed by atoms with E-state index >= 15 is 0 Å². The minimum absolute atomic E-state index is 0.0474. The summed E-state index contributed by atoms with van der Waals surface area (Å²) in [5.41, 5.74) is 7.50. The molecular weight excluding hydrogens is 142 g/mol. The Morgan fingerprint density at radius 3 is 3.18 bits per heavy atom. The summed E-state index contributed by atoms with van der Waals surface area (Å²) in [6, 6.07) is 0. The van der Waals surface area contributed by atoms with Crippen LogP contribution in [0.2, 0.25) is 0 Å². The smallest absolute Gasteiger partial charge is 0.132 e. The van der Waals surface area contributed by atoms with Gasteiger partial charge in [0.25, 0.3) is 0 Å². The van der Waals surface area contributed by atoms with Gasteiger partial charge in [-0.25, -0.2) is 9.97 Å². The first kappa shape index (κ1) is 6.54. The molecule has 0 amide bonds. The monoisotopic (exact) mass is 151 g/mol. The molecule has 1 aromatic rings. The van der Waals surface area contributed by atoms with Crippen LogP contribution in [0.3, 0.4) is 0 Å². The molecule has 0 spiro atoms. The summed E-state index contributed by atoms with van der Waals surface area (Å²) in [7, 11) is 0. The van der Waals surface area contributed by atoms with Crippen LogP contribution >= 0.6 is 0 Å². The Balaban J connectivity index is 2.58. The molecule has 2 heterocycles. The van der Waals surface area contributed by atoms with E-state index in [0.717, 1.165) is 11.3 Å². The van der Waals surface area contributed by atoms with Gasteiger partial charge in [0.05, 0.1) is 18.4 Å². The third kappa shape index (κ3) is 0.867. The molecule has 0 bridgehead atoms. The van der Waals surface area contributed by atoms with Crippen LogP contribution in [0.15, 0.2) is 6.33 Å². The lowest BCUT2D eigenvalue weighted by Gasteiger charge is -2.03. The lowest BCUT2D eigenvalue weighted by molar-refractivity contribution is 0.0789. The molecule has 1 atom stereocenters. The zero-order chi connectivity index (χ0) is 7.84. The van der Waals surface area contributed by atoms with E-state index in [4.69, 9.17) is 10.5 Å². The molecule has 0 unspecified atom stereocenters. The highest BCUT2D eigenvalue weighted by molar-refractivity contribution is 5.44. The summed E-state index contributed by atoms with van der Waals surface area (Å²) in [6.45, 7) is 2.51. The molecule has 1 aliphatic heterocycles. The van der Waals surface area contributed by atoms with Crippen LogP contribution in [0.1, 0.15) is 24.3 Å². The van der Waals surface area contributed by atoms with E-state index < -0.39 is 0 Å². The molecular formula is C7H9N3O. The topological polar surface area (TPSA) is 61.0 Å². The van der Waals surface area contributed by atoms with Crippen molar-refractivity contribution in [2.24, 2.45) is 0 Å². The molecule has 0 aromatic carbocycles. The quantitative estimate of drug-likeness (QED) is 0.591. The number of hydrogen-bond acceptors (Lipinski definition) is 4. The van der Waals surface area contributed by atoms with Gasteiger partial charge in [-0.15, -0.1) is 0 Å². The van der Waals surface area contributed by atoms with Gasteiger partial charge in [0.2, 0.25) is 0 Å². The molecule has 0 fully saturated rings. The zero-order valence-corrected chi connectivity index (χ0v) is 6.24. The SMILES string of the molecule is C[C@H]1OCc2ncnc(N)c21. The van der Waals surface area contributed by atoms with Crippen LogP contribution in [-0.2, 0) is 11.3 Å². The first-order chi connectivity index (χ1) is 5.29. The number of nitrogens with zero attached hydrogens (tertiary/aromatic N) is 2. The van der Waals surface area contributed by atoms with E-state index in [1.807, 2.05) is 6.92 Å². The predicted octanol–water partition coefficient (Wildman–Crippen LogP) is 0.650. The fourth-order valence-corrected chi connectivity index (χ4v) is 1.29. The number of nitrogens with two attached hydrogens (primary N) is 1. The van der Waals surface area contributed by atoms with Gasteiger partial charge in [-0.1, -0.05) is 0 Å². The number of fused-ring (bicyclic) bond motifs is 1. The van der Waals surface area contributed by atoms with E-state index in [1.54, 1.807) is 0 Å². The number of rotatable bonds is 0. The van der Waals surface area contributed by atoms with Crippen LogP contribution in [0, 0.1) is 0 Å². The zero-order valence-electron chi connectivity index (χ0n) is 6.24. The number of nitrogen functional groups attached to an aromatic ring is 1. The molecule has 0 radical (unpaired) electrons. The molecule has 1 aliphatic rings. The molecule has 58 valence electrons. The summed E-state index contributed by atoms with van der Waals surface area (Å²) in [5.74, 6) is 0.542. The van der Waals surface area contributed by atoms with E-state index in [2.05, 4.69) is 9.97 Å². The second kappa shape index (κ2) is 2.17. The van der Waals surface area contributed by atoms with Crippen LogP contribution in [0.5, 0.6) is 0 Å². The Bertz CT molecular complexity index is 287. The second-order valence-electron chi connectivity index (χ2n) is 2.57. The van der Waals surface area contributed by atoms with Crippen LogP contribution in [0.25, 0.3) is 0 Å². The fraction of sp³-hybridized carbons (Fsp3) is 0.429.